The van der Waals surface area contributed by atoms with Gasteiger partial charge in [-0.15, -0.1) is 0 Å². The number of hydrogen-bond donors (Lipinski definition) is 1. The maximum Gasteiger partial charge on any atom is 0.138 e. The molecule has 1 aromatic carbocycles. The monoisotopic (exact) mass is 243 g/mol. The molecule has 3 nitrogen and oxygen atoms in total. The first-order chi connectivity index (χ1) is 7.65. The Balaban J connectivity index is 2.49. The molecule has 1 N–H and O–H groups in total. The predicted octanol–water partition coefficient (Wildman–Crippen LogP) is 2.51. The lowest BCUT2D eigenvalue weighted by Crippen LogP contribution is -2.20. The molecule has 1 aromatic rings. The minimum atomic E-state index is 0.183. The SMILES string of the molecule is COCCCN(C)Cc1cccc(Cl)c1O. The summed E-state index contributed by atoms with van der Waals surface area (Å²) in [6, 6.07) is 5.42. The number of nitrogens with zero attached hydrogens (tertiary/aromatic N) is 1. The van der Waals surface area contributed by atoms with E-state index in [0.29, 0.717) is 11.6 Å². The first-order valence-corrected chi connectivity index (χ1v) is 5.66. The number of para-hydroxylation sites is 1. The zero-order chi connectivity index (χ0) is 12.0. The van der Waals surface area contributed by atoms with E-state index in [9.17, 15) is 5.11 Å². The summed E-state index contributed by atoms with van der Waals surface area (Å²) in [7, 11) is 3.71. The van der Waals surface area contributed by atoms with E-state index in [4.69, 9.17) is 16.3 Å². The quantitative estimate of drug-likeness (QED) is 0.780. The second kappa shape index (κ2) is 6.74. The van der Waals surface area contributed by atoms with Crippen LogP contribution in [0.4, 0.5) is 0 Å². The van der Waals surface area contributed by atoms with E-state index in [1.807, 2.05) is 19.2 Å². The van der Waals surface area contributed by atoms with E-state index in [2.05, 4.69) is 4.90 Å². The lowest BCUT2D eigenvalue weighted by Gasteiger charge is -2.17. The Hall–Kier alpha value is -0.770. The summed E-state index contributed by atoms with van der Waals surface area (Å²) in [6.45, 7) is 2.38. The van der Waals surface area contributed by atoms with Gasteiger partial charge in [0.25, 0.3) is 0 Å². The van der Waals surface area contributed by atoms with Gasteiger partial charge in [-0.1, -0.05) is 23.7 Å². The highest BCUT2D eigenvalue weighted by Crippen LogP contribution is 2.27. The number of hydrogen-bond acceptors (Lipinski definition) is 3. The molecule has 0 aliphatic heterocycles. The largest absolute Gasteiger partial charge is 0.506 e. The second-order valence-electron chi connectivity index (χ2n) is 3.83. The summed E-state index contributed by atoms with van der Waals surface area (Å²) in [4.78, 5) is 2.13. The number of benzene rings is 1. The van der Waals surface area contributed by atoms with Crippen molar-refractivity contribution < 1.29 is 9.84 Å². The molecule has 0 heterocycles. The topological polar surface area (TPSA) is 32.7 Å². The molecule has 0 saturated carbocycles. The molecule has 90 valence electrons. The van der Waals surface area contributed by atoms with Gasteiger partial charge in [-0.3, -0.25) is 0 Å². The van der Waals surface area contributed by atoms with Crippen molar-refractivity contribution in [2.75, 3.05) is 27.3 Å². The van der Waals surface area contributed by atoms with E-state index in [0.717, 1.165) is 25.1 Å². The van der Waals surface area contributed by atoms with E-state index < -0.39 is 0 Å². The van der Waals surface area contributed by atoms with E-state index in [1.54, 1.807) is 13.2 Å². The Labute approximate surface area is 102 Å². The number of halogens is 1. The van der Waals surface area contributed by atoms with Crippen molar-refractivity contribution in [1.29, 1.82) is 0 Å². The van der Waals surface area contributed by atoms with Crippen molar-refractivity contribution in [3.8, 4) is 5.75 Å². The van der Waals surface area contributed by atoms with Crippen LogP contribution in [0.2, 0.25) is 5.02 Å². The third-order valence-corrected chi connectivity index (χ3v) is 2.70. The van der Waals surface area contributed by atoms with Crippen molar-refractivity contribution >= 4 is 11.6 Å². The summed E-state index contributed by atoms with van der Waals surface area (Å²) < 4.78 is 4.99. The maximum absolute atomic E-state index is 9.73. The summed E-state index contributed by atoms with van der Waals surface area (Å²) >= 11 is 5.84. The first kappa shape index (κ1) is 13.3. The van der Waals surface area contributed by atoms with Crippen LogP contribution in [0.5, 0.6) is 5.75 Å². The maximum atomic E-state index is 9.73. The Morgan fingerprint density at radius 2 is 2.19 bits per heavy atom. The third kappa shape index (κ3) is 4.00. The average molecular weight is 244 g/mol. The highest BCUT2D eigenvalue weighted by molar-refractivity contribution is 6.32. The molecule has 0 saturated heterocycles. The minimum Gasteiger partial charge on any atom is -0.506 e. The van der Waals surface area contributed by atoms with Gasteiger partial charge >= 0.3 is 0 Å². The molecule has 0 amide bonds. The standard InChI is InChI=1S/C12H18ClNO2/c1-14(7-4-8-16-2)9-10-5-3-6-11(13)12(10)15/h3,5-6,15H,4,7-9H2,1-2H3. The van der Waals surface area contributed by atoms with Crippen LogP contribution in [0.1, 0.15) is 12.0 Å². The van der Waals surface area contributed by atoms with Gasteiger partial charge in [0.2, 0.25) is 0 Å². The molecule has 0 unspecified atom stereocenters. The zero-order valence-electron chi connectivity index (χ0n) is 9.74. The highest BCUT2D eigenvalue weighted by atomic mass is 35.5. The van der Waals surface area contributed by atoms with Gasteiger partial charge in [-0.2, -0.15) is 0 Å². The molecular formula is C12H18ClNO2. The van der Waals surface area contributed by atoms with Crippen LogP contribution < -0.4 is 0 Å². The molecule has 16 heavy (non-hydrogen) atoms. The number of methoxy groups -OCH3 is 1. The fourth-order valence-corrected chi connectivity index (χ4v) is 1.73. The molecule has 4 heteroatoms. The fourth-order valence-electron chi connectivity index (χ4n) is 1.54. The van der Waals surface area contributed by atoms with Crippen molar-refractivity contribution in [3.05, 3.63) is 28.8 Å². The molecule has 0 radical (unpaired) electrons. The summed E-state index contributed by atoms with van der Waals surface area (Å²) in [5.74, 6) is 0.183. The molecular weight excluding hydrogens is 226 g/mol. The molecule has 0 aromatic heterocycles. The van der Waals surface area contributed by atoms with Crippen LogP contribution in [0.25, 0.3) is 0 Å². The Morgan fingerprint density at radius 1 is 1.44 bits per heavy atom. The Bertz CT molecular complexity index is 331. The van der Waals surface area contributed by atoms with Crippen molar-refractivity contribution in [2.45, 2.75) is 13.0 Å². The smallest absolute Gasteiger partial charge is 0.138 e. The summed E-state index contributed by atoms with van der Waals surface area (Å²) in [5.41, 5.74) is 0.854. The first-order valence-electron chi connectivity index (χ1n) is 5.29. The van der Waals surface area contributed by atoms with Gasteiger partial charge in [0.1, 0.15) is 5.75 Å². The fraction of sp³-hybridized carbons (Fsp3) is 0.500. The Morgan fingerprint density at radius 3 is 2.88 bits per heavy atom. The molecule has 0 aliphatic rings. The van der Waals surface area contributed by atoms with Crippen LogP contribution in [0.15, 0.2) is 18.2 Å². The molecule has 0 fully saturated rings. The molecule has 0 bridgehead atoms. The van der Waals surface area contributed by atoms with Gasteiger partial charge in [-0.05, 0) is 19.5 Å². The predicted molar refractivity (Wildman–Crippen MR) is 65.9 cm³/mol. The van der Waals surface area contributed by atoms with Crippen molar-refractivity contribution in [3.63, 3.8) is 0 Å². The molecule has 0 aliphatic carbocycles. The normalized spacial score (nSPS) is 11.0. The zero-order valence-corrected chi connectivity index (χ0v) is 10.5. The van der Waals surface area contributed by atoms with Gasteiger partial charge in [0, 0.05) is 32.4 Å². The van der Waals surface area contributed by atoms with E-state index in [1.165, 1.54) is 0 Å². The highest BCUT2D eigenvalue weighted by Gasteiger charge is 2.07. The van der Waals surface area contributed by atoms with Gasteiger partial charge in [0.05, 0.1) is 5.02 Å². The minimum absolute atomic E-state index is 0.183. The number of rotatable bonds is 6. The van der Waals surface area contributed by atoms with Crippen LogP contribution in [0.3, 0.4) is 0 Å². The molecule has 1 rings (SSSR count). The number of phenolic OH excluding ortho intramolecular Hbond substituents is 1. The van der Waals surface area contributed by atoms with Crippen LogP contribution in [-0.4, -0.2) is 37.3 Å². The van der Waals surface area contributed by atoms with Crippen molar-refractivity contribution in [2.24, 2.45) is 0 Å². The van der Waals surface area contributed by atoms with E-state index >= 15 is 0 Å². The third-order valence-electron chi connectivity index (χ3n) is 2.40. The van der Waals surface area contributed by atoms with Crippen LogP contribution in [-0.2, 0) is 11.3 Å². The van der Waals surface area contributed by atoms with Crippen molar-refractivity contribution in [1.82, 2.24) is 4.90 Å². The van der Waals surface area contributed by atoms with Gasteiger partial charge in [-0.25, -0.2) is 0 Å². The lowest BCUT2D eigenvalue weighted by molar-refractivity contribution is 0.178. The second-order valence-corrected chi connectivity index (χ2v) is 4.24. The summed E-state index contributed by atoms with van der Waals surface area (Å²) in [5, 5.41) is 10.1. The van der Waals surface area contributed by atoms with E-state index in [-0.39, 0.29) is 5.75 Å². The number of ether oxygens (including phenoxy) is 1. The number of phenols is 1. The van der Waals surface area contributed by atoms with Crippen LogP contribution in [0, 0.1) is 0 Å². The molecule has 0 atom stereocenters. The van der Waals surface area contributed by atoms with Crippen LogP contribution >= 0.6 is 11.6 Å². The summed E-state index contributed by atoms with van der Waals surface area (Å²) in [6.07, 6.45) is 0.980. The number of aromatic hydroxyl groups is 1. The van der Waals surface area contributed by atoms with Gasteiger partial charge < -0.3 is 14.7 Å². The average Bonchev–Trinajstić information content (AvgIpc) is 2.25. The van der Waals surface area contributed by atoms with Gasteiger partial charge in [0.15, 0.2) is 0 Å². The molecule has 0 spiro atoms. The Kier molecular flexibility index (Phi) is 5.60. The lowest BCUT2D eigenvalue weighted by atomic mass is 10.2.